The summed E-state index contributed by atoms with van der Waals surface area (Å²) in [4.78, 5) is 25.6. The topological polar surface area (TPSA) is 86.2 Å². The minimum Gasteiger partial charge on any atom is -0.822 e. The van der Waals surface area contributed by atoms with Gasteiger partial charge in [-0.3, -0.25) is 0 Å². The molecule has 0 aromatic heterocycles. The van der Waals surface area contributed by atoms with Gasteiger partial charge < -0.3 is 19.2 Å². The Labute approximate surface area is 127 Å². The zero-order valence-electron chi connectivity index (χ0n) is 4.53. The normalized spacial score (nSPS) is 7.38. The van der Waals surface area contributed by atoms with E-state index in [1.54, 1.807) is 0 Å². The van der Waals surface area contributed by atoms with Crippen LogP contribution in [0.2, 0.25) is 0 Å². The first-order valence-corrected chi connectivity index (χ1v) is 2.19. The van der Waals surface area contributed by atoms with Gasteiger partial charge in [-0.05, 0) is 0 Å². The second-order valence-corrected chi connectivity index (χ2v) is 1.34. The van der Waals surface area contributed by atoms with Crippen LogP contribution < -0.4 is 91.7 Å². The average Bonchev–Trinajstić information content (AvgIpc) is 0.722. The number of rotatable bonds is 0. The SMILES string of the molecule is O=P([O-])([O-])[O-].[Bi+3].[Li+].[Rb+]. The van der Waals surface area contributed by atoms with Crippen molar-refractivity contribution < 1.29 is 96.3 Å². The van der Waals surface area contributed by atoms with Crippen molar-refractivity contribution in [2.24, 2.45) is 0 Å². The quantitative estimate of drug-likeness (QED) is 0.301. The molecule has 0 fully saturated rings. The maximum absolute atomic E-state index is 8.55. The zero-order chi connectivity index (χ0) is 4.50. The summed E-state index contributed by atoms with van der Waals surface area (Å²) in [5, 5.41) is 0. The summed E-state index contributed by atoms with van der Waals surface area (Å²) >= 11 is 0. The van der Waals surface area contributed by atoms with Crippen LogP contribution >= 0.6 is 7.82 Å². The molecule has 0 aromatic carbocycles. The Kier molecular flexibility index (Phi) is 29.3. The van der Waals surface area contributed by atoms with Crippen molar-refractivity contribution in [1.82, 2.24) is 0 Å². The molecule has 0 saturated heterocycles. The second-order valence-electron chi connectivity index (χ2n) is 0.447. The maximum Gasteiger partial charge on any atom is 3.00 e. The first kappa shape index (κ1) is 22.5. The van der Waals surface area contributed by atoms with Crippen LogP contribution in [0.1, 0.15) is 0 Å². The average molecular weight is 396 g/mol. The fraction of sp³-hybridized carbons (Fsp3) is 0. The molecule has 8 heavy (non-hydrogen) atoms. The first-order chi connectivity index (χ1) is 2.00. The molecule has 0 bridgehead atoms. The van der Waals surface area contributed by atoms with E-state index in [1.165, 1.54) is 0 Å². The van der Waals surface area contributed by atoms with Gasteiger partial charge in [-0.15, -0.1) is 0 Å². The Morgan fingerprint density at radius 3 is 1.12 bits per heavy atom. The zero-order valence-corrected chi connectivity index (χ0v) is 13.8. The van der Waals surface area contributed by atoms with E-state index in [0.717, 1.165) is 0 Å². The first-order valence-electron chi connectivity index (χ1n) is 0.730. The van der Waals surface area contributed by atoms with Crippen molar-refractivity contribution in [2.45, 2.75) is 0 Å². The van der Waals surface area contributed by atoms with Gasteiger partial charge in [-0.2, -0.15) is 7.82 Å². The van der Waals surface area contributed by atoms with Gasteiger partial charge in [0.25, 0.3) is 0 Å². The van der Waals surface area contributed by atoms with E-state index in [2.05, 4.69) is 0 Å². The van der Waals surface area contributed by atoms with E-state index in [1.807, 2.05) is 0 Å². The van der Waals surface area contributed by atoms with E-state index in [-0.39, 0.29) is 103 Å². The summed E-state index contributed by atoms with van der Waals surface area (Å²) in [6, 6.07) is 0. The molecule has 0 heterocycles. The van der Waals surface area contributed by atoms with E-state index in [4.69, 9.17) is 19.2 Å². The van der Waals surface area contributed by atoms with Crippen LogP contribution in [0.3, 0.4) is 0 Å². The molecule has 0 aromatic rings. The van der Waals surface area contributed by atoms with Crippen LogP contribution in [0.15, 0.2) is 0 Å². The Bertz CT molecular complexity index is 62.2. The van der Waals surface area contributed by atoms with Gasteiger partial charge in [-0.25, -0.2) is 0 Å². The predicted molar refractivity (Wildman–Crippen MR) is 13.4 cm³/mol. The monoisotopic (exact) mass is 396 g/mol. The molecular weight excluding hydrogens is 396 g/mol. The van der Waals surface area contributed by atoms with Crippen LogP contribution in [0.25, 0.3) is 0 Å². The van der Waals surface area contributed by atoms with E-state index >= 15 is 0 Å². The molecule has 4 nitrogen and oxygen atoms in total. The van der Waals surface area contributed by atoms with Crippen molar-refractivity contribution in [3.05, 3.63) is 0 Å². The van der Waals surface area contributed by atoms with Crippen molar-refractivity contribution in [1.29, 1.82) is 0 Å². The minimum atomic E-state index is -5.39. The van der Waals surface area contributed by atoms with Crippen LogP contribution in [0.4, 0.5) is 0 Å². The van der Waals surface area contributed by atoms with Gasteiger partial charge in [0.1, 0.15) is 0 Å². The molecule has 0 aliphatic carbocycles. The molecule has 0 N–H and O–H groups in total. The predicted octanol–water partition coefficient (Wildman–Crippen LogP) is -9.20. The van der Waals surface area contributed by atoms with Gasteiger partial charge in [0, 0.05) is 0 Å². The molecule has 0 spiro atoms. The molecule has 2 radical (unpaired) electrons. The summed E-state index contributed by atoms with van der Waals surface area (Å²) in [5.74, 6) is 0. The molecular formula is BiLiO4PRb+2. The van der Waals surface area contributed by atoms with E-state index in [9.17, 15) is 0 Å². The third-order valence-corrected chi connectivity index (χ3v) is 0. The van der Waals surface area contributed by atoms with Gasteiger partial charge in [-0.1, -0.05) is 0 Å². The number of hydrogen-bond donors (Lipinski definition) is 0. The van der Waals surface area contributed by atoms with Gasteiger partial charge in [0.15, 0.2) is 0 Å². The van der Waals surface area contributed by atoms with Crippen molar-refractivity contribution in [2.75, 3.05) is 0 Å². The van der Waals surface area contributed by atoms with Crippen molar-refractivity contribution in [3.8, 4) is 0 Å². The minimum absolute atomic E-state index is 0. The largest absolute Gasteiger partial charge is 3.00 e. The Morgan fingerprint density at radius 1 is 1.12 bits per heavy atom. The van der Waals surface area contributed by atoms with Crippen LogP contribution in [-0.2, 0) is 4.57 Å². The summed E-state index contributed by atoms with van der Waals surface area (Å²) in [6.45, 7) is 0. The molecule has 8 heteroatoms. The third-order valence-electron chi connectivity index (χ3n) is 0. The Balaban J connectivity index is -0.0000000267. The molecule has 0 aliphatic rings. The maximum atomic E-state index is 8.55. The van der Waals surface area contributed by atoms with Crippen LogP contribution in [-0.4, -0.2) is 26.2 Å². The molecule has 0 atom stereocenters. The summed E-state index contributed by atoms with van der Waals surface area (Å²) < 4.78 is 8.55. The van der Waals surface area contributed by atoms with E-state index < -0.39 is 7.82 Å². The summed E-state index contributed by atoms with van der Waals surface area (Å²) in [5.41, 5.74) is 0. The summed E-state index contributed by atoms with van der Waals surface area (Å²) in [6.07, 6.45) is 0. The fourth-order valence-electron chi connectivity index (χ4n) is 0. The van der Waals surface area contributed by atoms with Gasteiger partial charge in [0.2, 0.25) is 0 Å². The fourth-order valence-corrected chi connectivity index (χ4v) is 0. The van der Waals surface area contributed by atoms with E-state index in [0.29, 0.717) is 0 Å². The van der Waals surface area contributed by atoms with Crippen LogP contribution in [0, 0.1) is 0 Å². The number of phosphoric acid groups is 1. The Hall–Kier alpha value is 3.40. The molecule has 0 unspecified atom stereocenters. The molecule has 0 saturated carbocycles. The molecule has 0 amide bonds. The summed E-state index contributed by atoms with van der Waals surface area (Å²) in [7, 11) is -5.39. The second kappa shape index (κ2) is 10.4. The smallest absolute Gasteiger partial charge is 0.822 e. The molecule has 0 rings (SSSR count). The van der Waals surface area contributed by atoms with Crippen molar-refractivity contribution in [3.63, 3.8) is 0 Å². The molecule has 34 valence electrons. The number of hydrogen-bond acceptors (Lipinski definition) is 4. The van der Waals surface area contributed by atoms with Crippen molar-refractivity contribution >= 4 is 34.0 Å². The van der Waals surface area contributed by atoms with Gasteiger partial charge in [0.05, 0.1) is 0 Å². The standard InChI is InChI=1S/Bi.Li.H3O4P.Rb/c;;1-5(2,3)4;/h;;(H3,1,2,3,4);/q+3;+1;;+1/p-3. The van der Waals surface area contributed by atoms with Crippen LogP contribution in [0.5, 0.6) is 0 Å². The third kappa shape index (κ3) is 57.4. The van der Waals surface area contributed by atoms with Gasteiger partial charge >= 0.3 is 103 Å². The Morgan fingerprint density at radius 2 is 1.12 bits per heavy atom. The molecule has 0 aliphatic heterocycles.